The number of carboxylic acids is 1. The number of aliphatic carboxylic acids is 1. The quantitative estimate of drug-likeness (QED) is 0.768. The van der Waals surface area contributed by atoms with Crippen molar-refractivity contribution in [2.24, 2.45) is 5.92 Å². The number of nitrogens with one attached hydrogen (secondary N) is 2. The number of carbonyl (C=O) groups excluding carboxylic acids is 1. The van der Waals surface area contributed by atoms with Gasteiger partial charge in [0.1, 0.15) is 5.69 Å². The van der Waals surface area contributed by atoms with Crippen molar-refractivity contribution in [3.8, 4) is 0 Å². The summed E-state index contributed by atoms with van der Waals surface area (Å²) in [6.07, 6.45) is 2.44. The molecule has 3 heterocycles. The lowest BCUT2D eigenvalue weighted by molar-refractivity contribution is -0.141. The molecule has 1 aromatic heterocycles. The maximum atomic E-state index is 12.8. The van der Waals surface area contributed by atoms with Gasteiger partial charge in [0, 0.05) is 37.7 Å². The first-order chi connectivity index (χ1) is 13.0. The lowest BCUT2D eigenvalue weighted by atomic mass is 10.1. The molecule has 2 aliphatic heterocycles. The highest BCUT2D eigenvalue weighted by atomic mass is 16.5. The van der Waals surface area contributed by atoms with Crippen LogP contribution >= 0.6 is 0 Å². The van der Waals surface area contributed by atoms with Crippen LogP contribution in [0.25, 0.3) is 10.9 Å². The second-order valence-corrected chi connectivity index (χ2v) is 7.57. The van der Waals surface area contributed by atoms with Crippen LogP contribution in [0.5, 0.6) is 0 Å². The van der Waals surface area contributed by atoms with Gasteiger partial charge >= 0.3 is 5.97 Å². The van der Waals surface area contributed by atoms with E-state index in [1.54, 1.807) is 4.90 Å². The van der Waals surface area contributed by atoms with E-state index in [0.717, 1.165) is 48.2 Å². The number of hydrogen-bond acceptors (Lipinski definition) is 4. The zero-order valence-corrected chi connectivity index (χ0v) is 15.5. The lowest BCUT2D eigenvalue weighted by Gasteiger charge is -2.24. The molecule has 7 heteroatoms. The number of hydrogen-bond donors (Lipinski definition) is 3. The molecule has 2 saturated heterocycles. The van der Waals surface area contributed by atoms with Gasteiger partial charge in [-0.2, -0.15) is 0 Å². The van der Waals surface area contributed by atoms with Crippen molar-refractivity contribution in [3.05, 3.63) is 29.5 Å². The number of carboxylic acid groups (broad SMARTS) is 1. The van der Waals surface area contributed by atoms with Crippen molar-refractivity contribution >= 4 is 28.5 Å². The zero-order chi connectivity index (χ0) is 19.0. The summed E-state index contributed by atoms with van der Waals surface area (Å²) in [5.41, 5.74) is 3.56. The average molecular weight is 371 g/mol. The van der Waals surface area contributed by atoms with E-state index in [1.807, 2.05) is 13.0 Å². The molecule has 7 nitrogen and oxygen atoms in total. The molecule has 2 aliphatic rings. The number of ether oxygens (including phenoxy) is 1. The Morgan fingerprint density at radius 3 is 2.70 bits per heavy atom. The molecule has 0 bridgehead atoms. The van der Waals surface area contributed by atoms with Crippen molar-refractivity contribution in [2.75, 3.05) is 31.6 Å². The van der Waals surface area contributed by atoms with Crippen LogP contribution in [0.15, 0.2) is 18.2 Å². The average Bonchev–Trinajstić information content (AvgIpc) is 3.29. The van der Waals surface area contributed by atoms with Gasteiger partial charge in [-0.15, -0.1) is 0 Å². The number of anilines is 1. The number of aromatic nitrogens is 1. The molecule has 0 unspecified atom stereocenters. The normalized spacial score (nSPS) is 20.9. The first-order valence-electron chi connectivity index (χ1n) is 9.51. The van der Waals surface area contributed by atoms with E-state index in [2.05, 4.69) is 22.4 Å². The number of likely N-dealkylation sites (tertiary alicyclic amines) is 1. The minimum atomic E-state index is -0.833. The van der Waals surface area contributed by atoms with Crippen LogP contribution in [0.4, 0.5) is 5.69 Å². The summed E-state index contributed by atoms with van der Waals surface area (Å²) in [6, 6.07) is 6.38. The molecule has 4 rings (SSSR count). The molecule has 0 saturated carbocycles. The number of carbonyl (C=O) groups is 2. The summed E-state index contributed by atoms with van der Waals surface area (Å²) < 4.78 is 5.43. The number of nitrogens with zero attached hydrogens (tertiary/aromatic N) is 1. The second kappa shape index (κ2) is 7.23. The van der Waals surface area contributed by atoms with Crippen LogP contribution in [0, 0.1) is 12.8 Å². The number of fused-ring (bicyclic) bond motifs is 1. The molecule has 0 radical (unpaired) electrons. The van der Waals surface area contributed by atoms with Gasteiger partial charge in [0.05, 0.1) is 17.1 Å². The molecule has 144 valence electrons. The van der Waals surface area contributed by atoms with E-state index in [-0.39, 0.29) is 12.5 Å². The maximum Gasteiger partial charge on any atom is 0.308 e. The van der Waals surface area contributed by atoms with E-state index < -0.39 is 11.9 Å². The van der Waals surface area contributed by atoms with Crippen molar-refractivity contribution in [1.82, 2.24) is 9.88 Å². The minimum Gasteiger partial charge on any atom is -0.481 e. The molecule has 1 aromatic carbocycles. The fraction of sp³-hybridized carbons (Fsp3) is 0.500. The van der Waals surface area contributed by atoms with E-state index >= 15 is 0 Å². The summed E-state index contributed by atoms with van der Waals surface area (Å²) >= 11 is 0. The minimum absolute atomic E-state index is 0.135. The Bertz CT molecular complexity index is 869. The van der Waals surface area contributed by atoms with Gasteiger partial charge in [-0.1, -0.05) is 0 Å². The Kier molecular flexibility index (Phi) is 4.78. The van der Waals surface area contributed by atoms with Crippen LogP contribution < -0.4 is 5.32 Å². The molecule has 1 atom stereocenters. The zero-order valence-electron chi connectivity index (χ0n) is 15.5. The standard InChI is InChI=1S/C20H25N3O4/c1-12-8-14-10-17(19(24)23-5-2-13(11-23)20(25)26)22-18(14)16(9-12)21-15-3-6-27-7-4-15/h8-10,13,15,21-22H,2-7,11H2,1H3,(H,25,26)/t13-/m0/s1. The van der Waals surface area contributed by atoms with Crippen molar-refractivity contribution in [2.45, 2.75) is 32.2 Å². The summed E-state index contributed by atoms with van der Waals surface area (Å²) in [6.45, 7) is 4.33. The Morgan fingerprint density at radius 1 is 1.22 bits per heavy atom. The van der Waals surface area contributed by atoms with Crippen LogP contribution in [-0.4, -0.2) is 59.2 Å². The van der Waals surface area contributed by atoms with E-state index in [1.165, 1.54) is 0 Å². The Hall–Kier alpha value is -2.54. The fourth-order valence-corrected chi connectivity index (χ4v) is 4.00. The number of H-pyrrole nitrogens is 1. The highest BCUT2D eigenvalue weighted by Gasteiger charge is 2.32. The Balaban J connectivity index is 1.59. The molecule has 1 amide bonds. The molecule has 27 heavy (non-hydrogen) atoms. The summed E-state index contributed by atoms with van der Waals surface area (Å²) in [4.78, 5) is 28.9. The lowest BCUT2D eigenvalue weighted by Crippen LogP contribution is -2.30. The van der Waals surface area contributed by atoms with Crippen LogP contribution in [0.3, 0.4) is 0 Å². The SMILES string of the molecule is Cc1cc(NC2CCOCC2)c2[nH]c(C(=O)N3CC[C@H](C(=O)O)C3)cc2c1. The van der Waals surface area contributed by atoms with E-state index in [4.69, 9.17) is 9.84 Å². The predicted molar refractivity (Wildman–Crippen MR) is 102 cm³/mol. The highest BCUT2D eigenvalue weighted by Crippen LogP contribution is 2.29. The molecule has 0 spiro atoms. The third-order valence-corrected chi connectivity index (χ3v) is 5.51. The number of amides is 1. The smallest absolute Gasteiger partial charge is 0.308 e. The number of rotatable bonds is 4. The maximum absolute atomic E-state index is 12.8. The van der Waals surface area contributed by atoms with Gasteiger partial charge in [-0.25, -0.2) is 0 Å². The van der Waals surface area contributed by atoms with Gasteiger partial charge in [-0.05, 0) is 49.9 Å². The van der Waals surface area contributed by atoms with Gasteiger partial charge in [-0.3, -0.25) is 9.59 Å². The number of aromatic amines is 1. The van der Waals surface area contributed by atoms with Crippen LogP contribution in [-0.2, 0) is 9.53 Å². The Morgan fingerprint density at radius 2 is 2.00 bits per heavy atom. The molecular formula is C20H25N3O4. The fourth-order valence-electron chi connectivity index (χ4n) is 4.00. The third-order valence-electron chi connectivity index (χ3n) is 5.51. The highest BCUT2D eigenvalue weighted by molar-refractivity contribution is 6.01. The number of benzene rings is 1. The van der Waals surface area contributed by atoms with Gasteiger partial charge in [0.2, 0.25) is 0 Å². The molecule has 0 aliphatic carbocycles. The van der Waals surface area contributed by atoms with Crippen molar-refractivity contribution in [1.29, 1.82) is 0 Å². The molecule has 3 N–H and O–H groups in total. The van der Waals surface area contributed by atoms with E-state index in [0.29, 0.717) is 24.7 Å². The summed E-state index contributed by atoms with van der Waals surface area (Å²) in [5, 5.41) is 13.7. The molecule has 2 aromatic rings. The monoisotopic (exact) mass is 371 g/mol. The largest absolute Gasteiger partial charge is 0.481 e. The summed E-state index contributed by atoms with van der Waals surface area (Å²) in [7, 11) is 0. The van der Waals surface area contributed by atoms with Gasteiger partial charge in [0.25, 0.3) is 5.91 Å². The van der Waals surface area contributed by atoms with Gasteiger partial charge < -0.3 is 25.0 Å². The third kappa shape index (κ3) is 3.64. The molecule has 2 fully saturated rings. The topological polar surface area (TPSA) is 94.7 Å². The van der Waals surface area contributed by atoms with Crippen LogP contribution in [0.1, 0.15) is 35.3 Å². The molecular weight excluding hydrogens is 346 g/mol. The van der Waals surface area contributed by atoms with Gasteiger partial charge in [0.15, 0.2) is 0 Å². The number of aryl methyl sites for hydroxylation is 1. The van der Waals surface area contributed by atoms with E-state index in [9.17, 15) is 9.59 Å². The first-order valence-corrected chi connectivity index (χ1v) is 9.51. The van der Waals surface area contributed by atoms with Crippen molar-refractivity contribution in [3.63, 3.8) is 0 Å². The Labute approximate surface area is 157 Å². The predicted octanol–water partition coefficient (Wildman–Crippen LogP) is 2.61. The first kappa shape index (κ1) is 17.9. The van der Waals surface area contributed by atoms with Crippen molar-refractivity contribution < 1.29 is 19.4 Å². The second-order valence-electron chi connectivity index (χ2n) is 7.57. The summed E-state index contributed by atoms with van der Waals surface area (Å²) in [5.74, 6) is -1.43. The van der Waals surface area contributed by atoms with Crippen LogP contribution in [0.2, 0.25) is 0 Å².